The molecule has 2 saturated heterocycles. The first kappa shape index (κ1) is 19.9. The molecule has 2 aliphatic heterocycles. The van der Waals surface area contributed by atoms with Gasteiger partial charge in [0, 0.05) is 32.7 Å². The van der Waals surface area contributed by atoms with Gasteiger partial charge in [0.05, 0.1) is 0 Å². The van der Waals surface area contributed by atoms with Gasteiger partial charge in [-0.25, -0.2) is 0 Å². The van der Waals surface area contributed by atoms with Gasteiger partial charge in [0.1, 0.15) is 0 Å². The monoisotopic (exact) mass is 468 g/mol. The minimum atomic E-state index is 0. The van der Waals surface area contributed by atoms with Crippen LogP contribution in [0.25, 0.3) is 0 Å². The molecule has 0 spiro atoms. The van der Waals surface area contributed by atoms with E-state index in [1.165, 1.54) is 57.2 Å². The van der Waals surface area contributed by atoms with E-state index in [9.17, 15) is 0 Å². The van der Waals surface area contributed by atoms with Crippen LogP contribution in [0.15, 0.2) is 35.3 Å². The molecule has 5 heteroatoms. The molecule has 1 unspecified atom stereocenters. The Morgan fingerprint density at radius 1 is 1.15 bits per heavy atom. The molecule has 1 saturated carbocycles. The van der Waals surface area contributed by atoms with Crippen molar-refractivity contribution >= 4 is 29.9 Å². The van der Waals surface area contributed by atoms with Gasteiger partial charge in [-0.3, -0.25) is 9.89 Å². The number of halogens is 1. The van der Waals surface area contributed by atoms with E-state index in [1.807, 2.05) is 7.05 Å². The molecule has 0 radical (unpaired) electrons. The number of hydrogen-bond acceptors (Lipinski definition) is 2. The Hall–Kier alpha value is -0.820. The van der Waals surface area contributed by atoms with Crippen LogP contribution in [0.4, 0.5) is 0 Å². The molecule has 4 nitrogen and oxygen atoms in total. The maximum absolute atomic E-state index is 4.58. The predicted octanol–water partition coefficient (Wildman–Crippen LogP) is 3.37. The van der Waals surface area contributed by atoms with E-state index in [4.69, 9.17) is 0 Å². The molecule has 0 amide bonds. The molecule has 0 bridgehead atoms. The number of benzene rings is 1. The maximum atomic E-state index is 4.58. The van der Waals surface area contributed by atoms with E-state index in [0.29, 0.717) is 5.41 Å². The van der Waals surface area contributed by atoms with Crippen LogP contribution >= 0.6 is 24.0 Å². The second-order valence-corrected chi connectivity index (χ2v) is 8.19. The molecule has 1 aromatic carbocycles. The fraction of sp³-hybridized carbons (Fsp3) is 0.667. The van der Waals surface area contributed by atoms with Crippen LogP contribution in [0.1, 0.15) is 37.7 Å². The van der Waals surface area contributed by atoms with E-state index < -0.39 is 0 Å². The van der Waals surface area contributed by atoms with Crippen molar-refractivity contribution in [3.8, 4) is 0 Å². The smallest absolute Gasteiger partial charge is 0.193 e. The van der Waals surface area contributed by atoms with Crippen molar-refractivity contribution in [1.29, 1.82) is 0 Å². The number of aliphatic imine (C=N–C) groups is 1. The van der Waals surface area contributed by atoms with E-state index >= 15 is 0 Å². The first-order valence-electron chi connectivity index (χ1n) is 10.0. The van der Waals surface area contributed by atoms with Gasteiger partial charge in [-0.05, 0) is 62.6 Å². The molecular formula is C21H33IN4. The van der Waals surface area contributed by atoms with Crippen molar-refractivity contribution in [1.82, 2.24) is 15.1 Å². The molecule has 1 aliphatic carbocycles. The molecule has 1 atom stereocenters. The van der Waals surface area contributed by atoms with Crippen molar-refractivity contribution in [2.24, 2.45) is 10.4 Å². The van der Waals surface area contributed by atoms with Crippen molar-refractivity contribution < 1.29 is 0 Å². The number of guanidine groups is 1. The fourth-order valence-corrected chi connectivity index (χ4v) is 4.56. The average molecular weight is 468 g/mol. The van der Waals surface area contributed by atoms with Gasteiger partial charge in [-0.2, -0.15) is 0 Å². The summed E-state index contributed by atoms with van der Waals surface area (Å²) in [6, 6.07) is 11.7. The fourth-order valence-electron chi connectivity index (χ4n) is 4.56. The van der Waals surface area contributed by atoms with Crippen LogP contribution in [0.2, 0.25) is 0 Å². The Labute approximate surface area is 175 Å². The van der Waals surface area contributed by atoms with Crippen molar-refractivity contribution in [2.75, 3.05) is 39.8 Å². The summed E-state index contributed by atoms with van der Waals surface area (Å²) in [5.41, 5.74) is 1.91. The van der Waals surface area contributed by atoms with Crippen LogP contribution in [-0.4, -0.2) is 61.6 Å². The summed E-state index contributed by atoms with van der Waals surface area (Å²) in [7, 11) is 1.93. The topological polar surface area (TPSA) is 30.9 Å². The van der Waals surface area contributed by atoms with Crippen molar-refractivity contribution in [3.63, 3.8) is 0 Å². The molecule has 26 heavy (non-hydrogen) atoms. The Morgan fingerprint density at radius 3 is 2.54 bits per heavy atom. The number of hydrogen-bond donors (Lipinski definition) is 1. The molecule has 144 valence electrons. The molecule has 3 fully saturated rings. The van der Waals surface area contributed by atoms with E-state index in [-0.39, 0.29) is 24.0 Å². The number of likely N-dealkylation sites (tertiary alicyclic amines) is 2. The van der Waals surface area contributed by atoms with Gasteiger partial charge in [0.2, 0.25) is 0 Å². The minimum Gasteiger partial charge on any atom is -0.356 e. The number of rotatable bonds is 5. The highest BCUT2D eigenvalue weighted by molar-refractivity contribution is 14.0. The molecule has 2 heterocycles. The standard InChI is InChI=1S/C21H32N4.HI/c1-22-20(25-14-9-19(16-25)24-12-5-6-13-24)23-17-21(10-11-21)15-18-7-3-2-4-8-18;/h2-4,7-8,19H,5-6,9-17H2,1H3,(H,22,23);1H. The molecular weight excluding hydrogens is 435 g/mol. The Bertz CT molecular complexity index is 593. The highest BCUT2D eigenvalue weighted by atomic mass is 127. The summed E-state index contributed by atoms with van der Waals surface area (Å²) in [5, 5.41) is 3.70. The molecule has 4 rings (SSSR count). The van der Waals surface area contributed by atoms with Gasteiger partial charge in [-0.15, -0.1) is 24.0 Å². The third-order valence-electron chi connectivity index (χ3n) is 6.33. The third-order valence-corrected chi connectivity index (χ3v) is 6.33. The Kier molecular flexibility index (Phi) is 6.83. The molecule has 1 N–H and O–H groups in total. The summed E-state index contributed by atoms with van der Waals surface area (Å²) in [5.74, 6) is 1.11. The molecule has 1 aromatic rings. The zero-order chi connectivity index (χ0) is 17.1. The van der Waals surface area contributed by atoms with Gasteiger partial charge in [0.25, 0.3) is 0 Å². The van der Waals surface area contributed by atoms with Crippen LogP contribution < -0.4 is 5.32 Å². The quantitative estimate of drug-likeness (QED) is 0.409. The number of nitrogens with one attached hydrogen (secondary N) is 1. The van der Waals surface area contributed by atoms with Crippen LogP contribution in [0.3, 0.4) is 0 Å². The maximum Gasteiger partial charge on any atom is 0.193 e. The van der Waals surface area contributed by atoms with Gasteiger partial charge in [0.15, 0.2) is 5.96 Å². The van der Waals surface area contributed by atoms with Gasteiger partial charge in [-0.1, -0.05) is 30.3 Å². The van der Waals surface area contributed by atoms with Crippen LogP contribution in [0, 0.1) is 5.41 Å². The normalized spacial score (nSPS) is 25.2. The summed E-state index contributed by atoms with van der Waals surface area (Å²) >= 11 is 0. The first-order chi connectivity index (χ1) is 12.3. The highest BCUT2D eigenvalue weighted by Gasteiger charge is 2.42. The summed E-state index contributed by atoms with van der Waals surface area (Å²) in [6.07, 6.45) is 7.91. The van der Waals surface area contributed by atoms with E-state index in [2.05, 4.69) is 50.4 Å². The predicted molar refractivity (Wildman–Crippen MR) is 119 cm³/mol. The largest absolute Gasteiger partial charge is 0.356 e. The van der Waals surface area contributed by atoms with E-state index in [1.54, 1.807) is 0 Å². The third kappa shape index (κ3) is 4.71. The average Bonchev–Trinajstić information content (AvgIpc) is 3.07. The second kappa shape index (κ2) is 8.91. The lowest BCUT2D eigenvalue weighted by Crippen LogP contribution is -2.44. The Morgan fingerprint density at radius 2 is 1.88 bits per heavy atom. The van der Waals surface area contributed by atoms with Gasteiger partial charge >= 0.3 is 0 Å². The zero-order valence-corrected chi connectivity index (χ0v) is 18.3. The van der Waals surface area contributed by atoms with Crippen molar-refractivity contribution in [2.45, 2.75) is 44.6 Å². The summed E-state index contributed by atoms with van der Waals surface area (Å²) in [4.78, 5) is 9.74. The SMILES string of the molecule is CN=C(NCC1(Cc2ccccc2)CC1)N1CCC(N2CCCC2)C1.I. The summed E-state index contributed by atoms with van der Waals surface area (Å²) < 4.78 is 0. The first-order valence-corrected chi connectivity index (χ1v) is 10.0. The van der Waals surface area contributed by atoms with Crippen LogP contribution in [-0.2, 0) is 6.42 Å². The second-order valence-electron chi connectivity index (χ2n) is 8.19. The molecule has 3 aliphatic rings. The van der Waals surface area contributed by atoms with Gasteiger partial charge < -0.3 is 10.2 Å². The zero-order valence-electron chi connectivity index (χ0n) is 16.0. The Balaban J connectivity index is 0.00000196. The lowest BCUT2D eigenvalue weighted by Gasteiger charge is -2.26. The highest BCUT2D eigenvalue weighted by Crippen LogP contribution is 2.47. The number of nitrogens with zero attached hydrogens (tertiary/aromatic N) is 3. The van der Waals surface area contributed by atoms with E-state index in [0.717, 1.165) is 31.6 Å². The van der Waals surface area contributed by atoms with Crippen LogP contribution in [0.5, 0.6) is 0 Å². The lowest BCUT2D eigenvalue weighted by atomic mass is 9.96. The summed E-state index contributed by atoms with van der Waals surface area (Å²) in [6.45, 7) is 5.94. The minimum absolute atomic E-state index is 0. The molecule has 0 aromatic heterocycles. The lowest BCUT2D eigenvalue weighted by molar-refractivity contribution is 0.249. The van der Waals surface area contributed by atoms with Crippen molar-refractivity contribution in [3.05, 3.63) is 35.9 Å².